The molecule has 0 heterocycles. The highest BCUT2D eigenvalue weighted by atomic mass is 35.5. The fourth-order valence-corrected chi connectivity index (χ4v) is 5.31. The highest BCUT2D eigenvalue weighted by molar-refractivity contribution is 6.19. The highest BCUT2D eigenvalue weighted by Crippen LogP contribution is 2.50. The topological polar surface area (TPSA) is 118 Å². The van der Waals surface area contributed by atoms with Gasteiger partial charge in [0.1, 0.15) is 11.8 Å². The lowest BCUT2D eigenvalue weighted by molar-refractivity contribution is -0.164. The summed E-state index contributed by atoms with van der Waals surface area (Å²) in [6.07, 6.45) is 0. The van der Waals surface area contributed by atoms with Crippen molar-refractivity contribution in [2.75, 3.05) is 65.9 Å². The number of rotatable bonds is 14. The molecule has 0 bridgehead atoms. The number of alkyl halides is 2. The number of nitrogens with zero attached hydrogens (tertiary/aromatic N) is 1. The lowest BCUT2D eigenvalue weighted by atomic mass is 9.63. The number of ether oxygens (including phenoxy) is 5. The van der Waals surface area contributed by atoms with E-state index in [4.69, 9.17) is 46.9 Å². The van der Waals surface area contributed by atoms with Crippen molar-refractivity contribution in [2.24, 2.45) is 17.8 Å². The molecule has 212 valence electrons. The Balaban J connectivity index is 2.80. The van der Waals surface area contributed by atoms with Crippen LogP contribution in [0.5, 0.6) is 17.2 Å². The lowest BCUT2D eigenvalue weighted by Crippen LogP contribution is -2.55. The summed E-state index contributed by atoms with van der Waals surface area (Å²) in [5, 5.41) is 0. The molecule has 2 rings (SSSR count). The number of methoxy groups -OCH3 is 3. The van der Waals surface area contributed by atoms with Crippen LogP contribution in [0, 0.1) is 17.8 Å². The smallest absolute Gasteiger partial charge is 0.317 e. The first-order valence-electron chi connectivity index (χ1n) is 12.3. The van der Waals surface area contributed by atoms with Crippen molar-refractivity contribution in [2.45, 2.75) is 19.8 Å². The number of esters is 2. The third-order valence-electron chi connectivity index (χ3n) is 6.44. The van der Waals surface area contributed by atoms with Gasteiger partial charge in [-0.25, -0.2) is 0 Å². The van der Waals surface area contributed by atoms with Crippen LogP contribution in [-0.4, -0.2) is 94.3 Å². The van der Waals surface area contributed by atoms with Crippen LogP contribution in [0.3, 0.4) is 0 Å². The predicted octanol–water partition coefficient (Wildman–Crippen LogP) is 2.70. The zero-order chi connectivity index (χ0) is 28.4. The van der Waals surface area contributed by atoms with Crippen molar-refractivity contribution in [1.29, 1.82) is 0 Å². The molecule has 1 aliphatic rings. The second-order valence-electron chi connectivity index (χ2n) is 8.44. The maximum atomic E-state index is 13.9. The first-order chi connectivity index (χ1) is 18.2. The predicted molar refractivity (Wildman–Crippen MR) is 140 cm³/mol. The van der Waals surface area contributed by atoms with Crippen LogP contribution in [-0.2, 0) is 28.7 Å². The summed E-state index contributed by atoms with van der Waals surface area (Å²) < 4.78 is 27.0. The molecule has 1 saturated carbocycles. The molecule has 0 aromatic heterocycles. The second-order valence-corrected chi connectivity index (χ2v) is 9.20. The minimum atomic E-state index is -1.49. The fourth-order valence-electron chi connectivity index (χ4n) is 4.83. The minimum absolute atomic E-state index is 0.00823. The van der Waals surface area contributed by atoms with E-state index >= 15 is 0 Å². The third-order valence-corrected chi connectivity index (χ3v) is 6.77. The molecule has 1 fully saturated rings. The number of hydrogen-bond donors (Lipinski definition) is 0. The Hall–Kier alpha value is -2.56. The molecule has 2 atom stereocenters. The SMILES string of the molecule is CCOC(=O)[C@@H]1C(=O)C(CN(CCCl)CCCl)C(=O)[C@@H](C(=O)OCC)C1c1ccc(OC)c(OC)c1OC. The van der Waals surface area contributed by atoms with Gasteiger partial charge < -0.3 is 23.7 Å². The number of halogens is 2. The van der Waals surface area contributed by atoms with E-state index < -0.39 is 47.2 Å². The molecule has 0 amide bonds. The quantitative estimate of drug-likeness (QED) is 0.186. The Kier molecular flexibility index (Phi) is 12.6. The largest absolute Gasteiger partial charge is 0.493 e. The Morgan fingerprint density at radius 3 is 1.71 bits per heavy atom. The maximum Gasteiger partial charge on any atom is 0.317 e. The van der Waals surface area contributed by atoms with E-state index in [0.29, 0.717) is 18.8 Å². The summed E-state index contributed by atoms with van der Waals surface area (Å²) in [5.74, 6) is -7.50. The molecular formula is C26H35Cl2NO9. The van der Waals surface area contributed by atoms with Gasteiger partial charge in [0.05, 0.1) is 40.5 Å². The Morgan fingerprint density at radius 1 is 0.816 bits per heavy atom. The zero-order valence-electron chi connectivity index (χ0n) is 22.3. The number of carbonyl (C=O) groups excluding carboxylic acids is 4. The van der Waals surface area contributed by atoms with Gasteiger partial charge in [-0.05, 0) is 19.9 Å². The molecule has 10 nitrogen and oxygen atoms in total. The first-order valence-corrected chi connectivity index (χ1v) is 13.4. The summed E-state index contributed by atoms with van der Waals surface area (Å²) in [5.41, 5.74) is 0.236. The number of Topliss-reactive ketones (excluding diaryl/α,β-unsaturated/α-hetero) is 2. The van der Waals surface area contributed by atoms with Gasteiger partial charge in [0.25, 0.3) is 0 Å². The molecule has 38 heavy (non-hydrogen) atoms. The minimum Gasteiger partial charge on any atom is -0.493 e. The number of ketones is 2. The monoisotopic (exact) mass is 575 g/mol. The van der Waals surface area contributed by atoms with E-state index in [2.05, 4.69) is 0 Å². The molecule has 0 radical (unpaired) electrons. The molecule has 1 aliphatic carbocycles. The van der Waals surface area contributed by atoms with E-state index in [0.717, 1.165) is 0 Å². The van der Waals surface area contributed by atoms with E-state index in [1.807, 2.05) is 0 Å². The number of hydrogen-bond acceptors (Lipinski definition) is 10. The number of carbonyl (C=O) groups is 4. The van der Waals surface area contributed by atoms with E-state index in [1.54, 1.807) is 24.8 Å². The van der Waals surface area contributed by atoms with Crippen LogP contribution in [0.25, 0.3) is 0 Å². The third kappa shape index (κ3) is 6.71. The second kappa shape index (κ2) is 15.1. The van der Waals surface area contributed by atoms with Crippen molar-refractivity contribution in [1.82, 2.24) is 4.90 Å². The van der Waals surface area contributed by atoms with E-state index in [-0.39, 0.29) is 48.6 Å². The van der Waals surface area contributed by atoms with Crippen molar-refractivity contribution in [3.8, 4) is 17.2 Å². The summed E-state index contributed by atoms with van der Waals surface area (Å²) in [4.78, 5) is 56.2. The van der Waals surface area contributed by atoms with Crippen LogP contribution in [0.15, 0.2) is 12.1 Å². The Bertz CT molecular complexity index is 959. The fraction of sp³-hybridized carbons (Fsp3) is 0.615. The van der Waals surface area contributed by atoms with Gasteiger partial charge in [-0.3, -0.25) is 24.1 Å². The van der Waals surface area contributed by atoms with Gasteiger partial charge >= 0.3 is 11.9 Å². The Morgan fingerprint density at radius 2 is 1.32 bits per heavy atom. The maximum absolute atomic E-state index is 13.9. The molecule has 0 N–H and O–H groups in total. The molecule has 0 saturated heterocycles. The van der Waals surface area contributed by atoms with Crippen molar-refractivity contribution >= 4 is 46.7 Å². The Labute approximate surface area is 232 Å². The standard InChI is InChI=1S/C26H35Cl2NO9/c1-6-37-25(32)19-18(15-8-9-17(34-3)24(36-5)23(15)35-4)20(26(33)38-7-2)22(31)16(21(19)30)14-29(12-10-27)13-11-28/h8-9,16,18-20H,6-7,10-14H2,1-5H3/t16?,18?,19-,20-/m0/s1. The average Bonchev–Trinajstić information content (AvgIpc) is 2.89. The van der Waals surface area contributed by atoms with Gasteiger partial charge in [-0.2, -0.15) is 0 Å². The number of benzene rings is 1. The summed E-state index contributed by atoms with van der Waals surface area (Å²) in [6.45, 7) is 3.84. The van der Waals surface area contributed by atoms with Crippen LogP contribution in [0.4, 0.5) is 0 Å². The van der Waals surface area contributed by atoms with Gasteiger partial charge in [0, 0.05) is 42.9 Å². The lowest BCUT2D eigenvalue weighted by Gasteiger charge is -2.39. The summed E-state index contributed by atoms with van der Waals surface area (Å²) >= 11 is 11.8. The molecule has 1 aromatic carbocycles. The van der Waals surface area contributed by atoms with Gasteiger partial charge in [-0.1, -0.05) is 6.07 Å². The van der Waals surface area contributed by atoms with Crippen LogP contribution in [0.1, 0.15) is 25.3 Å². The van der Waals surface area contributed by atoms with Crippen LogP contribution < -0.4 is 14.2 Å². The van der Waals surface area contributed by atoms with Gasteiger partial charge in [0.2, 0.25) is 5.75 Å². The van der Waals surface area contributed by atoms with Crippen molar-refractivity contribution < 1.29 is 42.9 Å². The van der Waals surface area contributed by atoms with Crippen LogP contribution >= 0.6 is 23.2 Å². The molecule has 0 spiro atoms. The molecular weight excluding hydrogens is 541 g/mol. The van der Waals surface area contributed by atoms with Crippen LogP contribution in [0.2, 0.25) is 0 Å². The average molecular weight is 576 g/mol. The summed E-state index contributed by atoms with van der Waals surface area (Å²) in [6, 6.07) is 3.09. The molecule has 12 heteroatoms. The first kappa shape index (κ1) is 31.7. The van der Waals surface area contributed by atoms with Crippen molar-refractivity contribution in [3.05, 3.63) is 17.7 Å². The van der Waals surface area contributed by atoms with E-state index in [9.17, 15) is 19.2 Å². The van der Waals surface area contributed by atoms with E-state index in [1.165, 1.54) is 27.4 Å². The van der Waals surface area contributed by atoms with Gasteiger partial charge in [-0.15, -0.1) is 23.2 Å². The highest BCUT2D eigenvalue weighted by Gasteiger charge is 2.57. The molecule has 0 aliphatic heterocycles. The normalized spacial score (nSPS) is 21.3. The summed E-state index contributed by atoms with van der Waals surface area (Å²) in [7, 11) is 4.20. The molecule has 0 unspecified atom stereocenters. The zero-order valence-corrected chi connectivity index (χ0v) is 23.8. The molecule has 1 aromatic rings. The van der Waals surface area contributed by atoms with Gasteiger partial charge in [0.15, 0.2) is 23.1 Å². The van der Waals surface area contributed by atoms with Crippen molar-refractivity contribution in [3.63, 3.8) is 0 Å².